The van der Waals surface area contributed by atoms with Crippen molar-refractivity contribution in [2.24, 2.45) is 0 Å². The van der Waals surface area contributed by atoms with Crippen LogP contribution in [0.4, 0.5) is 14.5 Å². The summed E-state index contributed by atoms with van der Waals surface area (Å²) in [6, 6.07) is 3.95. The van der Waals surface area contributed by atoms with Crippen LogP contribution in [0.5, 0.6) is 0 Å². The zero-order valence-corrected chi connectivity index (χ0v) is 11.9. The monoisotopic (exact) mass is 309 g/mol. The van der Waals surface area contributed by atoms with Crippen molar-refractivity contribution >= 4 is 17.5 Å². The maximum atomic E-state index is 13.4. The molecule has 1 heterocycles. The summed E-state index contributed by atoms with van der Waals surface area (Å²) in [5.41, 5.74) is -0.342. The predicted octanol–water partition coefficient (Wildman–Crippen LogP) is 1.26. The highest BCUT2D eigenvalue weighted by atomic mass is 19.2. The van der Waals surface area contributed by atoms with Gasteiger partial charge in [-0.3, -0.25) is 14.5 Å². The molecule has 1 aliphatic heterocycles. The van der Waals surface area contributed by atoms with Gasteiger partial charge in [0.2, 0.25) is 0 Å². The van der Waals surface area contributed by atoms with Crippen LogP contribution < -0.4 is 10.6 Å². The zero-order chi connectivity index (χ0) is 15.7. The van der Waals surface area contributed by atoms with E-state index in [1.807, 2.05) is 0 Å². The molecule has 5 nitrogen and oxygen atoms in total. The van der Waals surface area contributed by atoms with Crippen molar-refractivity contribution in [1.29, 1.82) is 0 Å². The van der Waals surface area contributed by atoms with E-state index < -0.39 is 23.4 Å². The lowest BCUT2D eigenvalue weighted by Crippen LogP contribution is -2.43. The van der Waals surface area contributed by atoms with Gasteiger partial charge in [0.05, 0.1) is 5.69 Å². The lowest BCUT2D eigenvalue weighted by molar-refractivity contribution is -0.136. The Morgan fingerprint density at radius 3 is 2.64 bits per heavy atom. The fraction of sp³-hybridized carbons (Fsp3) is 0.467. The number of nitrogens with zero attached hydrogens (tertiary/aromatic N) is 1. The molecule has 22 heavy (non-hydrogen) atoms. The number of benzene rings is 1. The molecular formula is C15H17F2N3O2. The second kappa shape index (κ2) is 6.00. The Bertz CT molecular complexity index is 604. The largest absolute Gasteiger partial charge is 0.344 e. The molecule has 2 amide bonds. The van der Waals surface area contributed by atoms with Crippen molar-refractivity contribution in [3.8, 4) is 0 Å². The van der Waals surface area contributed by atoms with E-state index in [-0.39, 0.29) is 11.7 Å². The minimum absolute atomic E-state index is 0.0730. The molecule has 3 rings (SSSR count). The number of likely N-dealkylation sites (tertiary alicyclic amines) is 1. The van der Waals surface area contributed by atoms with Crippen molar-refractivity contribution in [2.45, 2.75) is 31.3 Å². The standard InChI is InChI=1S/C15H17F2N3O2/c16-11-2-1-3-12(13(11)17)19-15(22)14(21)18-9-6-7-20(8-9)10-4-5-10/h1-3,9-10H,4-8H2,(H,18,21)(H,19,22). The third-order valence-electron chi connectivity index (χ3n) is 4.02. The number of nitrogens with one attached hydrogen (secondary N) is 2. The van der Waals surface area contributed by atoms with Gasteiger partial charge in [-0.2, -0.15) is 0 Å². The molecule has 1 aromatic carbocycles. The molecule has 0 aromatic heterocycles. The first-order valence-corrected chi connectivity index (χ1v) is 7.34. The second-order valence-corrected chi connectivity index (χ2v) is 5.74. The average molecular weight is 309 g/mol. The molecule has 0 radical (unpaired) electrons. The minimum atomic E-state index is -1.18. The summed E-state index contributed by atoms with van der Waals surface area (Å²) in [6.45, 7) is 1.65. The quantitative estimate of drug-likeness (QED) is 0.826. The van der Waals surface area contributed by atoms with E-state index in [9.17, 15) is 18.4 Å². The van der Waals surface area contributed by atoms with Gasteiger partial charge in [0.15, 0.2) is 11.6 Å². The predicted molar refractivity (Wildman–Crippen MR) is 76.1 cm³/mol. The topological polar surface area (TPSA) is 61.4 Å². The second-order valence-electron chi connectivity index (χ2n) is 5.74. The first-order chi connectivity index (χ1) is 10.5. The summed E-state index contributed by atoms with van der Waals surface area (Å²) in [5, 5.41) is 4.73. The minimum Gasteiger partial charge on any atom is -0.344 e. The fourth-order valence-electron chi connectivity index (χ4n) is 2.71. The third-order valence-corrected chi connectivity index (χ3v) is 4.02. The van der Waals surface area contributed by atoms with Gasteiger partial charge in [-0.1, -0.05) is 6.07 Å². The molecule has 1 unspecified atom stereocenters. The number of carbonyl (C=O) groups excluding carboxylic acids is 2. The lowest BCUT2D eigenvalue weighted by Gasteiger charge is -2.15. The number of anilines is 1. The highest BCUT2D eigenvalue weighted by Crippen LogP contribution is 2.29. The highest BCUT2D eigenvalue weighted by Gasteiger charge is 2.35. The van der Waals surface area contributed by atoms with E-state index in [4.69, 9.17) is 0 Å². The van der Waals surface area contributed by atoms with Gasteiger partial charge in [-0.25, -0.2) is 8.78 Å². The van der Waals surface area contributed by atoms with Crippen LogP contribution in [0.3, 0.4) is 0 Å². The van der Waals surface area contributed by atoms with Crippen molar-refractivity contribution in [3.05, 3.63) is 29.8 Å². The Hall–Kier alpha value is -2.02. The summed E-state index contributed by atoms with van der Waals surface area (Å²) < 4.78 is 26.5. The van der Waals surface area contributed by atoms with E-state index in [1.54, 1.807) is 0 Å². The molecule has 1 saturated carbocycles. The van der Waals surface area contributed by atoms with Crippen LogP contribution in [0.25, 0.3) is 0 Å². The SMILES string of the molecule is O=C(Nc1cccc(F)c1F)C(=O)NC1CCN(C2CC2)C1. The summed E-state index contributed by atoms with van der Waals surface area (Å²) in [5.74, 6) is -4.07. The van der Waals surface area contributed by atoms with Crippen LogP contribution in [-0.4, -0.2) is 41.9 Å². The first kappa shape index (κ1) is 14.9. The van der Waals surface area contributed by atoms with Crippen molar-refractivity contribution in [2.75, 3.05) is 18.4 Å². The van der Waals surface area contributed by atoms with Gasteiger partial charge in [-0.15, -0.1) is 0 Å². The van der Waals surface area contributed by atoms with E-state index in [2.05, 4.69) is 15.5 Å². The number of rotatable bonds is 3. The molecule has 2 N–H and O–H groups in total. The van der Waals surface area contributed by atoms with Crippen LogP contribution in [0.2, 0.25) is 0 Å². The van der Waals surface area contributed by atoms with Crippen LogP contribution in [0, 0.1) is 11.6 Å². The number of amides is 2. The molecule has 1 saturated heterocycles. The maximum absolute atomic E-state index is 13.4. The van der Waals surface area contributed by atoms with Crippen LogP contribution >= 0.6 is 0 Å². The van der Waals surface area contributed by atoms with Gasteiger partial charge in [0, 0.05) is 25.2 Å². The molecule has 1 aliphatic carbocycles. The highest BCUT2D eigenvalue weighted by molar-refractivity contribution is 6.39. The summed E-state index contributed by atoms with van der Waals surface area (Å²) in [6.07, 6.45) is 3.18. The maximum Gasteiger partial charge on any atom is 0.313 e. The molecule has 0 bridgehead atoms. The molecule has 118 valence electrons. The van der Waals surface area contributed by atoms with E-state index in [0.29, 0.717) is 6.04 Å². The number of carbonyl (C=O) groups is 2. The number of halogens is 2. The Balaban J connectivity index is 1.53. The normalized spacial score (nSPS) is 21.6. The van der Waals surface area contributed by atoms with Crippen LogP contribution in [-0.2, 0) is 9.59 Å². The number of hydrogen-bond acceptors (Lipinski definition) is 3. The number of hydrogen-bond donors (Lipinski definition) is 2. The van der Waals surface area contributed by atoms with Gasteiger partial charge in [0.25, 0.3) is 0 Å². The Labute approximate surface area is 126 Å². The Morgan fingerprint density at radius 1 is 1.14 bits per heavy atom. The van der Waals surface area contributed by atoms with E-state index >= 15 is 0 Å². The Kier molecular flexibility index (Phi) is 4.06. The molecule has 1 aromatic rings. The molecule has 0 spiro atoms. The summed E-state index contributed by atoms with van der Waals surface area (Å²) in [4.78, 5) is 25.9. The van der Waals surface area contributed by atoms with Crippen molar-refractivity contribution in [1.82, 2.24) is 10.2 Å². The van der Waals surface area contributed by atoms with Gasteiger partial charge in [0.1, 0.15) is 0 Å². The zero-order valence-electron chi connectivity index (χ0n) is 11.9. The van der Waals surface area contributed by atoms with Gasteiger partial charge in [-0.05, 0) is 31.4 Å². The first-order valence-electron chi connectivity index (χ1n) is 7.34. The Morgan fingerprint density at radius 2 is 1.91 bits per heavy atom. The van der Waals surface area contributed by atoms with Crippen molar-refractivity contribution in [3.63, 3.8) is 0 Å². The van der Waals surface area contributed by atoms with E-state index in [1.165, 1.54) is 25.0 Å². The van der Waals surface area contributed by atoms with Crippen molar-refractivity contribution < 1.29 is 18.4 Å². The van der Waals surface area contributed by atoms with Crippen LogP contribution in [0.15, 0.2) is 18.2 Å². The van der Waals surface area contributed by atoms with E-state index in [0.717, 1.165) is 25.6 Å². The van der Waals surface area contributed by atoms with Crippen LogP contribution in [0.1, 0.15) is 19.3 Å². The molecule has 2 fully saturated rings. The molecular weight excluding hydrogens is 292 g/mol. The summed E-state index contributed by atoms with van der Waals surface area (Å²) in [7, 11) is 0. The fourth-order valence-corrected chi connectivity index (χ4v) is 2.71. The lowest BCUT2D eigenvalue weighted by atomic mass is 10.2. The molecule has 2 aliphatic rings. The molecule has 7 heteroatoms. The van der Waals surface area contributed by atoms with Gasteiger partial charge < -0.3 is 10.6 Å². The smallest absolute Gasteiger partial charge is 0.313 e. The molecule has 1 atom stereocenters. The summed E-state index contributed by atoms with van der Waals surface area (Å²) >= 11 is 0. The third kappa shape index (κ3) is 3.24. The average Bonchev–Trinajstić information content (AvgIpc) is 3.24. The van der Waals surface area contributed by atoms with Gasteiger partial charge >= 0.3 is 11.8 Å².